The Bertz CT molecular complexity index is 576. The summed E-state index contributed by atoms with van der Waals surface area (Å²) in [7, 11) is 0. The minimum Gasteiger partial charge on any atom is -0.366 e. The molecule has 0 bridgehead atoms. The van der Waals surface area contributed by atoms with Gasteiger partial charge in [0.15, 0.2) is 6.29 Å². The summed E-state index contributed by atoms with van der Waals surface area (Å²) >= 11 is 0. The molecule has 7 heteroatoms. The molecule has 2 rings (SSSR count). The number of amides is 2. The van der Waals surface area contributed by atoms with Crippen LogP contribution in [0.3, 0.4) is 0 Å². The van der Waals surface area contributed by atoms with Gasteiger partial charge in [-0.3, -0.25) is 9.59 Å². The van der Waals surface area contributed by atoms with E-state index < -0.39 is 30.1 Å². The van der Waals surface area contributed by atoms with Gasteiger partial charge in [-0.2, -0.15) is 0 Å². The molecule has 3 atom stereocenters. The first-order valence-corrected chi connectivity index (χ1v) is 8.03. The highest BCUT2D eigenvalue weighted by atomic mass is 19.1. The average Bonchev–Trinajstić information content (AvgIpc) is 2.92. The smallest absolute Gasteiger partial charge is 0.251 e. The highest BCUT2D eigenvalue weighted by molar-refractivity contribution is 5.97. The maximum Gasteiger partial charge on any atom is 0.251 e. The van der Waals surface area contributed by atoms with Crippen molar-refractivity contribution in [3.05, 3.63) is 35.6 Å². The summed E-state index contributed by atoms with van der Waals surface area (Å²) in [6.45, 7) is 4.26. The summed E-state index contributed by atoms with van der Waals surface area (Å²) in [6.07, 6.45) is -0.0585. The van der Waals surface area contributed by atoms with E-state index in [1.807, 2.05) is 13.8 Å². The molecule has 1 fully saturated rings. The molecule has 1 aromatic rings. The molecule has 0 aromatic heterocycles. The Kier molecular flexibility index (Phi) is 6.28. The van der Waals surface area contributed by atoms with E-state index in [4.69, 9.17) is 4.74 Å². The molecule has 2 amide bonds. The van der Waals surface area contributed by atoms with Crippen LogP contribution in [0.15, 0.2) is 24.3 Å². The summed E-state index contributed by atoms with van der Waals surface area (Å²) in [4.78, 5) is 24.7. The first-order valence-electron chi connectivity index (χ1n) is 8.03. The lowest BCUT2D eigenvalue weighted by Crippen LogP contribution is -2.51. The molecule has 1 aromatic carbocycles. The molecular weight excluding hydrogens is 315 g/mol. The van der Waals surface area contributed by atoms with Crippen molar-refractivity contribution in [2.45, 2.75) is 45.1 Å². The van der Waals surface area contributed by atoms with E-state index in [-0.39, 0.29) is 17.4 Å². The zero-order valence-electron chi connectivity index (χ0n) is 13.8. The Hall–Kier alpha value is -1.99. The number of nitrogens with one attached hydrogen (secondary N) is 2. The summed E-state index contributed by atoms with van der Waals surface area (Å²) in [5, 5.41) is 15.0. The number of aliphatic hydroxyl groups is 1. The van der Waals surface area contributed by atoms with Crippen molar-refractivity contribution in [2.24, 2.45) is 5.92 Å². The second-order valence-corrected chi connectivity index (χ2v) is 6.33. The molecule has 0 spiro atoms. The van der Waals surface area contributed by atoms with E-state index in [0.29, 0.717) is 19.4 Å². The minimum atomic E-state index is -1.03. The highest BCUT2D eigenvalue weighted by Crippen LogP contribution is 2.13. The third-order valence-corrected chi connectivity index (χ3v) is 3.82. The molecule has 1 aliphatic rings. The summed E-state index contributed by atoms with van der Waals surface area (Å²) in [5.74, 6) is -1.06. The van der Waals surface area contributed by atoms with Gasteiger partial charge in [0.2, 0.25) is 5.91 Å². The number of hydrogen-bond donors (Lipinski definition) is 3. The van der Waals surface area contributed by atoms with E-state index in [0.717, 1.165) is 0 Å². The number of aliphatic hydroxyl groups excluding tert-OH is 1. The fourth-order valence-corrected chi connectivity index (χ4v) is 2.55. The van der Waals surface area contributed by atoms with Crippen molar-refractivity contribution in [2.75, 3.05) is 6.61 Å². The van der Waals surface area contributed by atoms with Crippen LogP contribution in [0.2, 0.25) is 0 Å². The van der Waals surface area contributed by atoms with Crippen LogP contribution < -0.4 is 10.6 Å². The van der Waals surface area contributed by atoms with E-state index in [2.05, 4.69) is 10.6 Å². The first-order chi connectivity index (χ1) is 11.4. The third kappa shape index (κ3) is 5.01. The molecule has 6 nitrogen and oxygen atoms in total. The summed E-state index contributed by atoms with van der Waals surface area (Å²) in [5.41, 5.74) is 0.280. The maximum atomic E-state index is 12.9. The molecule has 3 N–H and O–H groups in total. The highest BCUT2D eigenvalue weighted by Gasteiger charge is 2.31. The monoisotopic (exact) mass is 338 g/mol. The second-order valence-electron chi connectivity index (χ2n) is 6.33. The van der Waals surface area contributed by atoms with Crippen molar-refractivity contribution >= 4 is 11.8 Å². The first kappa shape index (κ1) is 18.4. The fraction of sp³-hybridized carbons (Fsp3) is 0.529. The van der Waals surface area contributed by atoms with Gasteiger partial charge in [0.1, 0.15) is 11.9 Å². The van der Waals surface area contributed by atoms with Crippen molar-refractivity contribution in [1.82, 2.24) is 10.6 Å². The summed E-state index contributed by atoms with van der Waals surface area (Å²) in [6, 6.07) is 3.90. The zero-order chi connectivity index (χ0) is 17.7. The Morgan fingerprint density at radius 2 is 2.00 bits per heavy atom. The van der Waals surface area contributed by atoms with Gasteiger partial charge in [0.25, 0.3) is 5.91 Å². The van der Waals surface area contributed by atoms with Crippen LogP contribution in [0.1, 0.15) is 37.0 Å². The number of rotatable bonds is 6. The largest absolute Gasteiger partial charge is 0.366 e. The molecule has 0 saturated carbocycles. The van der Waals surface area contributed by atoms with Crippen LogP contribution >= 0.6 is 0 Å². The maximum absolute atomic E-state index is 12.9. The number of ether oxygens (including phenoxy) is 1. The number of halogens is 1. The van der Waals surface area contributed by atoms with E-state index in [1.54, 1.807) is 0 Å². The van der Waals surface area contributed by atoms with Gasteiger partial charge < -0.3 is 20.5 Å². The standard InChI is InChI=1S/C17H23FN2O4/c1-10(2)9-14(16(22)19-13-7-8-24-17(13)23)20-15(21)11-3-5-12(18)6-4-11/h3-6,10,13-14,17,23H,7-9H2,1-2H3,(H,19,22)(H,20,21)/t13-,14?,17?/m0/s1. The molecule has 1 aliphatic heterocycles. The van der Waals surface area contributed by atoms with E-state index >= 15 is 0 Å². The predicted molar refractivity (Wildman–Crippen MR) is 85.6 cm³/mol. The Morgan fingerprint density at radius 1 is 1.33 bits per heavy atom. The van der Waals surface area contributed by atoms with Gasteiger partial charge in [0, 0.05) is 5.56 Å². The number of benzene rings is 1. The summed E-state index contributed by atoms with van der Waals surface area (Å²) < 4.78 is 18.0. The van der Waals surface area contributed by atoms with Crippen LogP contribution in [0.25, 0.3) is 0 Å². The molecule has 1 saturated heterocycles. The van der Waals surface area contributed by atoms with Crippen LogP contribution in [-0.4, -0.2) is 41.9 Å². The van der Waals surface area contributed by atoms with E-state index in [9.17, 15) is 19.1 Å². The average molecular weight is 338 g/mol. The zero-order valence-corrected chi connectivity index (χ0v) is 13.8. The molecule has 0 aliphatic carbocycles. The Morgan fingerprint density at radius 3 is 2.54 bits per heavy atom. The van der Waals surface area contributed by atoms with Gasteiger partial charge in [-0.05, 0) is 43.0 Å². The quantitative estimate of drug-likeness (QED) is 0.727. The lowest BCUT2D eigenvalue weighted by molar-refractivity contribution is -0.127. The van der Waals surface area contributed by atoms with Gasteiger partial charge >= 0.3 is 0 Å². The lowest BCUT2D eigenvalue weighted by atomic mass is 10.0. The Balaban J connectivity index is 2.02. The Labute approximate surface area is 140 Å². The second kappa shape index (κ2) is 8.21. The van der Waals surface area contributed by atoms with Crippen molar-refractivity contribution in [3.8, 4) is 0 Å². The van der Waals surface area contributed by atoms with Crippen LogP contribution in [0, 0.1) is 11.7 Å². The van der Waals surface area contributed by atoms with Crippen molar-refractivity contribution in [1.29, 1.82) is 0 Å². The predicted octanol–water partition coefficient (Wildman–Crippen LogP) is 1.19. The van der Waals surface area contributed by atoms with Crippen LogP contribution in [-0.2, 0) is 9.53 Å². The lowest BCUT2D eigenvalue weighted by Gasteiger charge is -2.23. The van der Waals surface area contributed by atoms with Crippen molar-refractivity contribution in [3.63, 3.8) is 0 Å². The van der Waals surface area contributed by atoms with Gasteiger partial charge in [-0.1, -0.05) is 13.8 Å². The van der Waals surface area contributed by atoms with E-state index in [1.165, 1.54) is 24.3 Å². The fourth-order valence-electron chi connectivity index (χ4n) is 2.55. The topological polar surface area (TPSA) is 87.7 Å². The third-order valence-electron chi connectivity index (χ3n) is 3.82. The number of carbonyl (C=O) groups is 2. The van der Waals surface area contributed by atoms with Gasteiger partial charge in [-0.15, -0.1) is 0 Å². The molecule has 0 radical (unpaired) electrons. The molecule has 24 heavy (non-hydrogen) atoms. The molecule has 1 heterocycles. The minimum absolute atomic E-state index is 0.180. The molecule has 2 unspecified atom stereocenters. The van der Waals surface area contributed by atoms with Crippen LogP contribution in [0.5, 0.6) is 0 Å². The molecular formula is C17H23FN2O4. The van der Waals surface area contributed by atoms with Gasteiger partial charge in [0.05, 0.1) is 12.6 Å². The normalized spacial score (nSPS) is 21.5. The SMILES string of the molecule is CC(C)CC(NC(=O)c1ccc(F)cc1)C(=O)N[C@H]1CCOC1O. The number of carbonyl (C=O) groups excluding carboxylic acids is 2. The van der Waals surface area contributed by atoms with Gasteiger partial charge in [-0.25, -0.2) is 4.39 Å². The van der Waals surface area contributed by atoms with Crippen LogP contribution in [0.4, 0.5) is 4.39 Å². The molecule has 132 valence electrons. The number of hydrogen-bond acceptors (Lipinski definition) is 4. The van der Waals surface area contributed by atoms with Crippen molar-refractivity contribution < 1.29 is 23.8 Å².